The molecule has 0 aromatic rings. The minimum absolute atomic E-state index is 0.0651. The van der Waals surface area contributed by atoms with E-state index >= 15 is 0 Å². The lowest BCUT2D eigenvalue weighted by Gasteiger charge is -2.46. The maximum Gasteiger partial charge on any atom is 0.234 e. The topological polar surface area (TPSA) is 663 Å². The SMILES string of the molecule is CC(=O)[C@H](CCCCN)NNC(=O)CCCCC(=O)CCCO[C@@H]1O[C@H](CO[C@H]2O[C@H](CO)[C@@H](O)[C@H](O)[C@H]2O)[C@@H](O)[C@H](O[C@H]2O[C@H](CO)[C@@H](O)[C@H](O)[C@@H]2O)[C@H]1O.CCNC(=O)CCCCC(=O)CCCO[C@@H]1O[C@H](CO[C@H]2O[C@H](CO)[C@@H](O)[C@H](O)[C@H]2O)[C@@H](O)[C@H](O[C@H]2O[C@H](CO)[C@@H](O)[C@H](O)[C@@H]2O)[C@H]1O. The van der Waals surface area contributed by atoms with E-state index in [4.69, 9.17) is 62.6 Å². The Morgan fingerprint density at radius 1 is 0.375 bits per heavy atom. The molecule has 2 amide bonds. The van der Waals surface area contributed by atoms with E-state index in [1.54, 1.807) is 0 Å². The quantitative estimate of drug-likeness (QED) is 0.0199. The van der Waals surface area contributed by atoms with Crippen molar-refractivity contribution >= 4 is 29.2 Å². The molecule has 6 heterocycles. The summed E-state index contributed by atoms with van der Waals surface area (Å²) in [5.74, 6) is -0.706. The number of rotatable bonds is 42. The minimum atomic E-state index is -1.90. The van der Waals surface area contributed by atoms with Gasteiger partial charge in [-0.1, -0.05) is 6.42 Å². The number of hydrazine groups is 1. The van der Waals surface area contributed by atoms with Crippen LogP contribution in [0.2, 0.25) is 0 Å². The minimum Gasteiger partial charge on any atom is -0.394 e. The van der Waals surface area contributed by atoms with Crippen molar-refractivity contribution in [3.05, 3.63) is 0 Å². The average molecular weight is 1520 g/mol. The Morgan fingerprint density at radius 2 is 0.702 bits per heavy atom. The van der Waals surface area contributed by atoms with E-state index in [-0.39, 0.29) is 87.3 Å². The third kappa shape index (κ3) is 26.7. The zero-order chi connectivity index (χ0) is 77.1. The normalized spacial score (nSPS) is 38.5. The molecule has 0 aromatic carbocycles. The first-order chi connectivity index (χ1) is 49.5. The van der Waals surface area contributed by atoms with Crippen LogP contribution < -0.4 is 21.9 Å². The van der Waals surface area contributed by atoms with Crippen LogP contribution in [-0.2, 0) is 80.8 Å². The highest BCUT2D eigenvalue weighted by Gasteiger charge is 2.55. The molecule has 6 aliphatic rings. The van der Waals surface area contributed by atoms with Gasteiger partial charge < -0.3 is 170 Å². The highest BCUT2D eigenvalue weighted by molar-refractivity contribution is 5.82. The number of hydrogen-bond donors (Lipinski definition) is 24. The van der Waals surface area contributed by atoms with Crippen molar-refractivity contribution in [1.29, 1.82) is 0 Å². The molecule has 6 fully saturated rings. The van der Waals surface area contributed by atoms with Crippen LogP contribution in [0.4, 0.5) is 0 Å². The summed E-state index contributed by atoms with van der Waals surface area (Å²) in [6, 6.07) is -0.518. The third-order valence-electron chi connectivity index (χ3n) is 18.3. The van der Waals surface area contributed by atoms with Crippen molar-refractivity contribution in [3.8, 4) is 0 Å². The van der Waals surface area contributed by atoms with Crippen molar-refractivity contribution in [2.24, 2.45) is 5.73 Å². The Morgan fingerprint density at radius 3 is 1.06 bits per heavy atom. The number of ketones is 3. The summed E-state index contributed by atoms with van der Waals surface area (Å²) < 4.78 is 66.5. The first-order valence-corrected chi connectivity index (χ1v) is 35.1. The third-order valence-corrected chi connectivity index (χ3v) is 18.3. The van der Waals surface area contributed by atoms with Crippen LogP contribution in [-0.4, -0.2) is 388 Å². The molecule has 0 spiro atoms. The van der Waals surface area contributed by atoms with E-state index in [0.717, 1.165) is 12.8 Å². The Labute approximate surface area is 598 Å². The summed E-state index contributed by atoms with van der Waals surface area (Å²) in [6.07, 6.45) is -44.3. The first-order valence-electron chi connectivity index (χ1n) is 35.1. The smallest absolute Gasteiger partial charge is 0.234 e. The van der Waals surface area contributed by atoms with E-state index < -0.39 is 230 Å². The molecule has 41 nitrogen and oxygen atoms in total. The van der Waals surface area contributed by atoms with Gasteiger partial charge in [0.05, 0.1) is 58.9 Å². The number of unbranched alkanes of at least 4 members (excludes halogenated alkanes) is 3. The first kappa shape index (κ1) is 91.2. The summed E-state index contributed by atoms with van der Waals surface area (Å²) in [5.41, 5.74) is 10.8. The van der Waals surface area contributed by atoms with Gasteiger partial charge in [0.2, 0.25) is 11.8 Å². The number of nitrogens with two attached hydrogens (primary N) is 1. The van der Waals surface area contributed by atoms with Crippen LogP contribution in [0.3, 0.4) is 0 Å². The lowest BCUT2D eigenvalue weighted by atomic mass is 9.96. The second-order valence-corrected chi connectivity index (χ2v) is 26.2. The zero-order valence-corrected chi connectivity index (χ0v) is 58.0. The highest BCUT2D eigenvalue weighted by atomic mass is 16.8. The van der Waals surface area contributed by atoms with Crippen LogP contribution in [0.5, 0.6) is 0 Å². The molecule has 0 saturated carbocycles. The van der Waals surface area contributed by atoms with E-state index in [9.17, 15) is 126 Å². The van der Waals surface area contributed by atoms with Crippen molar-refractivity contribution in [1.82, 2.24) is 16.2 Å². The summed E-state index contributed by atoms with van der Waals surface area (Å²) >= 11 is 0. The molecule has 0 aromatic heterocycles. The van der Waals surface area contributed by atoms with Gasteiger partial charge in [0.25, 0.3) is 0 Å². The highest BCUT2D eigenvalue weighted by Crippen LogP contribution is 2.34. The average Bonchev–Trinajstić information content (AvgIpc) is 0.794. The zero-order valence-electron chi connectivity index (χ0n) is 58.0. The number of hydrogen-bond acceptors (Lipinski definition) is 39. The van der Waals surface area contributed by atoms with E-state index in [0.29, 0.717) is 51.6 Å². The molecule has 0 unspecified atom stereocenters. The molecule has 41 heteroatoms. The van der Waals surface area contributed by atoms with Gasteiger partial charge in [0.1, 0.15) is 164 Å². The maximum absolute atomic E-state index is 12.5. The molecule has 31 atom stereocenters. The molecular weight excluding hydrogens is 1400 g/mol. The van der Waals surface area contributed by atoms with Crippen molar-refractivity contribution in [2.75, 3.05) is 65.9 Å². The van der Waals surface area contributed by atoms with Crippen LogP contribution in [0, 0.1) is 0 Å². The predicted molar refractivity (Wildman–Crippen MR) is 343 cm³/mol. The van der Waals surface area contributed by atoms with Gasteiger partial charge in [-0.05, 0) is 71.8 Å². The number of aliphatic hydroxyl groups is 20. The molecule has 0 aliphatic carbocycles. The number of carbonyl (C=O) groups is 5. The molecule has 606 valence electrons. The largest absolute Gasteiger partial charge is 0.394 e. The van der Waals surface area contributed by atoms with Crippen LogP contribution in [0.1, 0.15) is 110 Å². The maximum atomic E-state index is 12.5. The van der Waals surface area contributed by atoms with E-state index in [1.807, 2.05) is 6.92 Å². The lowest BCUT2D eigenvalue weighted by Crippen LogP contribution is -2.65. The van der Waals surface area contributed by atoms with Gasteiger partial charge in [-0.2, -0.15) is 0 Å². The van der Waals surface area contributed by atoms with E-state index in [1.165, 1.54) is 6.92 Å². The standard InChI is InChI=1S/C34H61N3O19.C29H51NO18/c1-16(40)18(9-4-5-11-35)36-37-22(42)10-3-2-7-17(41)8-6-12-51-33-30(50)31(56-34-29(49)27(47)24(44)20(14-39)54-34)25(45)21(55-33)15-52-32-28(48)26(46)23(43)19(13-38)53-32;1-2-30-17(34)8-4-3-6-13(33)7-5-9-43-28-25(42)26(48-29-24(41)22(39)19(36)15(11-32)46-29)20(37)16(47-28)12-44-27-23(40)21(38)18(35)14(10-31)45-27/h18-21,23-34,36,38-39,43-50H,2-15,35H2,1H3,(H,37,42);14-16,18-29,31-32,35-42H,2-12H2,1H3,(H,30,34)/t18-,19+,20+,21+,23+,24+,25+,26-,27-,28+,29-,30+,31-,32-,33+,34+;14-,15-,16-,18-,19-,20-,21+,22+,23-,24+,25-,26+,27+,28-,29-/m01/s1. The van der Waals surface area contributed by atoms with Gasteiger partial charge in [-0.15, -0.1) is 0 Å². The van der Waals surface area contributed by atoms with Gasteiger partial charge in [-0.25, -0.2) is 5.43 Å². The van der Waals surface area contributed by atoms with Gasteiger partial charge >= 0.3 is 0 Å². The number of carbonyl (C=O) groups excluding carboxylic acids is 5. The summed E-state index contributed by atoms with van der Waals surface area (Å²) in [7, 11) is 0. The monoisotopic (exact) mass is 1520 g/mol. The van der Waals surface area contributed by atoms with Crippen LogP contribution >= 0.6 is 0 Å². The van der Waals surface area contributed by atoms with Gasteiger partial charge in [-0.3, -0.25) is 29.4 Å². The number of Topliss-reactive ketones (excluding diaryl/α,β-unsaturated/α-hetero) is 3. The Bertz CT molecular complexity index is 2490. The fourth-order valence-electron chi connectivity index (χ4n) is 11.9. The predicted octanol–water partition coefficient (Wildman–Crippen LogP) is -11.4. The fraction of sp³-hybridized carbons (Fsp3) is 0.921. The lowest BCUT2D eigenvalue weighted by molar-refractivity contribution is -0.366. The number of nitrogens with one attached hydrogen (secondary N) is 3. The molecule has 25 N–H and O–H groups in total. The second-order valence-electron chi connectivity index (χ2n) is 26.2. The summed E-state index contributed by atoms with van der Waals surface area (Å²) in [4.78, 5) is 60.4. The fourth-order valence-corrected chi connectivity index (χ4v) is 11.9. The summed E-state index contributed by atoms with van der Waals surface area (Å²) in [5, 5.41) is 208. The number of ether oxygens (including phenoxy) is 12. The summed E-state index contributed by atoms with van der Waals surface area (Å²) in [6.45, 7) is -0.184. The van der Waals surface area contributed by atoms with Gasteiger partial charge in [0, 0.05) is 45.1 Å². The van der Waals surface area contributed by atoms with Crippen molar-refractivity contribution in [3.63, 3.8) is 0 Å². The second kappa shape index (κ2) is 46.3. The number of aliphatic hydroxyl groups excluding tert-OH is 20. The molecular formula is C63H112N4O37. The van der Waals surface area contributed by atoms with Crippen molar-refractivity contribution in [2.45, 2.75) is 300 Å². The molecule has 104 heavy (non-hydrogen) atoms. The van der Waals surface area contributed by atoms with E-state index in [2.05, 4.69) is 16.2 Å². The molecule has 0 radical (unpaired) electrons. The Kier molecular flexibility index (Phi) is 40.6. The Hall–Kier alpha value is -3.41. The molecule has 0 bridgehead atoms. The van der Waals surface area contributed by atoms with Crippen LogP contribution in [0.15, 0.2) is 0 Å². The van der Waals surface area contributed by atoms with Crippen LogP contribution in [0.25, 0.3) is 0 Å². The van der Waals surface area contributed by atoms with Crippen molar-refractivity contribution < 1.29 is 183 Å². The molecule has 6 aliphatic heterocycles. The van der Waals surface area contributed by atoms with Gasteiger partial charge in [0.15, 0.2) is 37.7 Å². The Balaban J connectivity index is 0.000000378. The number of amides is 2. The molecule has 6 rings (SSSR count). The molecule has 6 saturated heterocycles.